The summed E-state index contributed by atoms with van der Waals surface area (Å²) in [5, 5.41) is 0. The monoisotopic (exact) mass is 490 g/mol. The Bertz CT molecular complexity index is 3.25. The predicted molar refractivity (Wildman–Crippen MR) is 0 cm³/mol. The van der Waals surface area contributed by atoms with Gasteiger partial charge in [0.05, 0.1) is 0 Å². The Kier molecular flexibility index (Phi) is 105. The summed E-state index contributed by atoms with van der Waals surface area (Å²) in [5.41, 5.74) is 0. The third-order valence-electron chi connectivity index (χ3n) is 0. The largest absolute Gasteiger partial charge is 0 e. The van der Waals surface area contributed by atoms with Crippen molar-refractivity contribution in [3.63, 3.8) is 0 Å². The Morgan fingerprint density at radius 3 is 0.500 bits per heavy atom. The van der Waals surface area contributed by atoms with Crippen molar-refractivity contribution in [3.05, 3.63) is 0 Å². The maximum Gasteiger partial charge on any atom is 0 e. The quantitative estimate of drug-likeness (QED) is 0.418. The molecule has 4 heteroatoms. The van der Waals surface area contributed by atoms with E-state index in [9.17, 15) is 0 Å². The number of hydrogen-bond acceptors (Lipinski definition) is 0. The Labute approximate surface area is 102 Å². The zero-order chi connectivity index (χ0) is 0. The van der Waals surface area contributed by atoms with Crippen molar-refractivity contribution in [1.82, 2.24) is 0 Å². The zero-order valence-electron chi connectivity index (χ0n) is 1.18. The van der Waals surface area contributed by atoms with E-state index >= 15 is 0 Å². The Hall–Kier alpha value is 3.45. The summed E-state index contributed by atoms with van der Waals surface area (Å²) in [4.78, 5) is 0. The van der Waals surface area contributed by atoms with Crippen LogP contribution in [0.15, 0.2) is 0 Å². The second kappa shape index (κ2) is 16.1. The number of hydrogen-bond donors (Lipinski definition) is 0. The molecular formula is Ag3Tm. The molecule has 0 fully saturated rings. The average Bonchev–Trinajstić information content (AvgIpc) is 0. The van der Waals surface area contributed by atoms with E-state index in [1.165, 1.54) is 0 Å². The van der Waals surface area contributed by atoms with Crippen molar-refractivity contribution in [2.75, 3.05) is 0 Å². The van der Waals surface area contributed by atoms with Gasteiger partial charge in [-0.15, -0.1) is 0 Å². The van der Waals surface area contributed by atoms with Gasteiger partial charge in [0, 0.05) is 104 Å². The number of rotatable bonds is 0. The van der Waals surface area contributed by atoms with Crippen LogP contribution in [0.4, 0.5) is 0 Å². The molecule has 46 valence electrons. The van der Waals surface area contributed by atoms with E-state index in [0.29, 0.717) is 0 Å². The van der Waals surface area contributed by atoms with Crippen molar-refractivity contribution < 1.29 is 104 Å². The smallest absolute Gasteiger partial charge is 0 e. The van der Waals surface area contributed by atoms with Crippen molar-refractivity contribution in [3.8, 4) is 0 Å². The first kappa shape index (κ1) is 26.0. The van der Waals surface area contributed by atoms with E-state index in [2.05, 4.69) is 0 Å². The van der Waals surface area contributed by atoms with Gasteiger partial charge in [0.25, 0.3) is 0 Å². The second-order valence-electron chi connectivity index (χ2n) is 0. The van der Waals surface area contributed by atoms with Gasteiger partial charge in [0.15, 0.2) is 0 Å². The van der Waals surface area contributed by atoms with Gasteiger partial charge >= 0.3 is 0 Å². The molecule has 0 unspecified atom stereocenters. The molecule has 0 amide bonds. The van der Waals surface area contributed by atoms with Gasteiger partial charge in [-0.05, 0) is 0 Å². The van der Waals surface area contributed by atoms with E-state index in [4.69, 9.17) is 0 Å². The average molecular weight is 493 g/mol. The molecule has 0 bridgehead atoms. The van der Waals surface area contributed by atoms with E-state index in [1.54, 1.807) is 0 Å². The predicted octanol–water partition coefficient (Wildman–Crippen LogP) is -0.00750. The Morgan fingerprint density at radius 2 is 0.500 bits per heavy atom. The maximum atomic E-state index is 0. The molecule has 0 aromatic rings. The van der Waals surface area contributed by atoms with Gasteiger partial charge in [0.2, 0.25) is 0 Å². The van der Waals surface area contributed by atoms with E-state index < -0.39 is 0 Å². The van der Waals surface area contributed by atoms with E-state index in [1.807, 2.05) is 0 Å². The zero-order valence-corrected chi connectivity index (χ0v) is 7.41. The standard InChI is InChI=1S/3Ag.Tm. The fourth-order valence-corrected chi connectivity index (χ4v) is 0. The molecule has 0 aliphatic rings. The molecule has 0 aromatic heterocycles. The maximum absolute atomic E-state index is 0. The van der Waals surface area contributed by atoms with Gasteiger partial charge < -0.3 is 0 Å². The fourth-order valence-electron chi connectivity index (χ4n) is 0. The van der Waals surface area contributed by atoms with Crippen LogP contribution in [0.25, 0.3) is 0 Å². The first-order chi connectivity index (χ1) is 0. The topological polar surface area (TPSA) is 0 Å². The summed E-state index contributed by atoms with van der Waals surface area (Å²) in [6.07, 6.45) is 0. The van der Waals surface area contributed by atoms with Crippen molar-refractivity contribution in [2.45, 2.75) is 0 Å². The van der Waals surface area contributed by atoms with Crippen LogP contribution in [-0.4, -0.2) is 0 Å². The molecule has 0 rings (SSSR count). The Balaban J connectivity index is 0. The molecule has 0 saturated carbocycles. The van der Waals surface area contributed by atoms with Crippen LogP contribution in [0.2, 0.25) is 0 Å². The van der Waals surface area contributed by atoms with Gasteiger partial charge in [-0.25, -0.2) is 0 Å². The van der Waals surface area contributed by atoms with Crippen LogP contribution < -0.4 is 0 Å². The van der Waals surface area contributed by atoms with E-state index in [-0.39, 0.29) is 104 Å². The van der Waals surface area contributed by atoms with Crippen LogP contribution >= 0.6 is 0 Å². The van der Waals surface area contributed by atoms with Crippen molar-refractivity contribution >= 4 is 0 Å². The van der Waals surface area contributed by atoms with Crippen LogP contribution in [0, 0.1) is 36.9 Å². The molecule has 0 N–H and O–H groups in total. The van der Waals surface area contributed by atoms with Gasteiger partial charge in [0.1, 0.15) is 0 Å². The minimum Gasteiger partial charge on any atom is 0 e. The summed E-state index contributed by atoms with van der Waals surface area (Å²) in [6, 6.07) is 0. The minimum absolute atomic E-state index is 0. The fraction of sp³-hybridized carbons (Fsp3) is 0. The van der Waals surface area contributed by atoms with Crippen LogP contribution in [0.1, 0.15) is 0 Å². The first-order valence-corrected chi connectivity index (χ1v) is 0. The molecule has 0 atom stereocenters. The molecule has 0 nitrogen and oxygen atoms in total. The first-order valence-electron chi connectivity index (χ1n) is 0. The molecular weight excluding hydrogens is 493 g/mol. The summed E-state index contributed by atoms with van der Waals surface area (Å²) in [7, 11) is 0. The van der Waals surface area contributed by atoms with E-state index in [0.717, 1.165) is 0 Å². The summed E-state index contributed by atoms with van der Waals surface area (Å²) in [5.74, 6) is 0. The van der Waals surface area contributed by atoms with Crippen molar-refractivity contribution in [2.24, 2.45) is 0 Å². The van der Waals surface area contributed by atoms with Gasteiger partial charge in [-0.2, -0.15) is 0 Å². The molecule has 4 radical (unpaired) electrons. The van der Waals surface area contributed by atoms with Crippen LogP contribution in [0.5, 0.6) is 0 Å². The Morgan fingerprint density at radius 1 is 0.500 bits per heavy atom. The molecule has 0 aliphatic heterocycles. The van der Waals surface area contributed by atoms with Crippen LogP contribution in [0.3, 0.4) is 0 Å². The third kappa shape index (κ3) is 9.07. The second-order valence-corrected chi connectivity index (χ2v) is 0. The van der Waals surface area contributed by atoms with Crippen LogP contribution in [-0.2, 0) is 67.1 Å². The molecule has 4 heavy (non-hydrogen) atoms. The van der Waals surface area contributed by atoms with Gasteiger partial charge in [-0.3, -0.25) is 0 Å². The normalized spacial score (nSPS) is 0. The molecule has 0 aromatic carbocycles. The summed E-state index contributed by atoms with van der Waals surface area (Å²) >= 11 is 0. The molecule has 0 heterocycles. The molecule has 0 spiro atoms. The van der Waals surface area contributed by atoms with Crippen molar-refractivity contribution in [1.29, 1.82) is 0 Å². The SMILES string of the molecule is [Ag].[Ag].[Ag].[Tm]. The molecule has 0 aliphatic carbocycles. The minimum atomic E-state index is 0. The summed E-state index contributed by atoms with van der Waals surface area (Å²) in [6.45, 7) is 0. The molecule has 0 saturated heterocycles. The third-order valence-corrected chi connectivity index (χ3v) is 0. The van der Waals surface area contributed by atoms with Gasteiger partial charge in [-0.1, -0.05) is 0 Å². The summed E-state index contributed by atoms with van der Waals surface area (Å²) < 4.78 is 0.